The van der Waals surface area contributed by atoms with E-state index < -0.39 is 27.9 Å². The molecule has 3 aromatic rings. The minimum atomic E-state index is -3.93. The summed E-state index contributed by atoms with van der Waals surface area (Å²) in [5.41, 5.74) is 3.58. The zero-order chi connectivity index (χ0) is 26.8. The molecule has 0 radical (unpaired) electrons. The van der Waals surface area contributed by atoms with Gasteiger partial charge < -0.3 is 0 Å². The molecule has 36 heavy (non-hydrogen) atoms. The summed E-state index contributed by atoms with van der Waals surface area (Å²) in [5.74, 6) is -0.513. The van der Waals surface area contributed by atoms with Crippen molar-refractivity contribution in [2.75, 3.05) is 13.1 Å². The molecule has 3 rings (SSSR count). The first kappa shape index (κ1) is 27.6. The largest absolute Gasteiger partial charge is 0.294 e. The Balaban J connectivity index is 1.99. The van der Waals surface area contributed by atoms with Gasteiger partial charge in [0.2, 0.25) is 10.0 Å². The summed E-state index contributed by atoms with van der Waals surface area (Å²) >= 11 is 0. The second-order valence-electron chi connectivity index (χ2n) is 10.2. The molecule has 0 saturated heterocycles. The zero-order valence-electron chi connectivity index (χ0n) is 22.3. The van der Waals surface area contributed by atoms with E-state index in [1.165, 1.54) is 8.99 Å². The number of nitrogens with one attached hydrogen (secondary N) is 1. The highest BCUT2D eigenvalue weighted by atomic mass is 32.2. The standard InChI is InChI=1S/C28H37N3O4S/c1-8-17-30(36(34,35)22-15-13-21(14-16-22)28(5,6)7)18-25(32)26-23(9-2)29-31(27(26)33)24-12-10-11-19(3)20(24)4/h10-16,29H,8-9,17-18H2,1-7H3. The van der Waals surface area contributed by atoms with Crippen LogP contribution in [-0.4, -0.2) is 41.4 Å². The van der Waals surface area contributed by atoms with Crippen LogP contribution in [0.1, 0.15) is 73.8 Å². The Labute approximate surface area is 214 Å². The Hall–Kier alpha value is -2.97. The van der Waals surface area contributed by atoms with E-state index in [2.05, 4.69) is 25.9 Å². The predicted octanol–water partition coefficient (Wildman–Crippen LogP) is 4.93. The van der Waals surface area contributed by atoms with E-state index in [0.717, 1.165) is 16.7 Å². The van der Waals surface area contributed by atoms with Gasteiger partial charge in [-0.2, -0.15) is 4.31 Å². The summed E-state index contributed by atoms with van der Waals surface area (Å²) in [7, 11) is -3.93. The lowest BCUT2D eigenvalue weighted by Gasteiger charge is -2.22. The lowest BCUT2D eigenvalue weighted by Crippen LogP contribution is -2.38. The maximum absolute atomic E-state index is 13.5. The summed E-state index contributed by atoms with van der Waals surface area (Å²) < 4.78 is 29.5. The van der Waals surface area contributed by atoms with E-state index in [-0.39, 0.29) is 22.4 Å². The highest BCUT2D eigenvalue weighted by Gasteiger charge is 2.30. The number of aromatic nitrogens is 2. The van der Waals surface area contributed by atoms with Crippen molar-refractivity contribution in [1.29, 1.82) is 0 Å². The highest BCUT2D eigenvalue weighted by molar-refractivity contribution is 7.89. The summed E-state index contributed by atoms with van der Waals surface area (Å²) in [6.07, 6.45) is 0.968. The molecular weight excluding hydrogens is 474 g/mol. The van der Waals surface area contributed by atoms with Crippen LogP contribution in [0.4, 0.5) is 0 Å². The molecule has 8 heteroatoms. The summed E-state index contributed by atoms with van der Waals surface area (Å²) in [6.45, 7) is 13.6. The molecule has 0 aliphatic carbocycles. The van der Waals surface area contributed by atoms with Crippen LogP contribution in [0.15, 0.2) is 52.2 Å². The fourth-order valence-corrected chi connectivity index (χ4v) is 5.71. The van der Waals surface area contributed by atoms with E-state index in [9.17, 15) is 18.0 Å². The van der Waals surface area contributed by atoms with E-state index >= 15 is 0 Å². The molecule has 194 valence electrons. The van der Waals surface area contributed by atoms with E-state index in [4.69, 9.17) is 0 Å². The van der Waals surface area contributed by atoms with Crippen molar-refractivity contribution in [2.45, 2.75) is 71.6 Å². The zero-order valence-corrected chi connectivity index (χ0v) is 23.1. The molecule has 0 amide bonds. The van der Waals surface area contributed by atoms with Crippen LogP contribution in [0.2, 0.25) is 0 Å². The highest BCUT2D eigenvalue weighted by Crippen LogP contribution is 2.25. The van der Waals surface area contributed by atoms with Gasteiger partial charge in [-0.3, -0.25) is 14.7 Å². The predicted molar refractivity (Wildman–Crippen MR) is 144 cm³/mol. The third-order valence-corrected chi connectivity index (χ3v) is 8.43. The van der Waals surface area contributed by atoms with E-state index in [1.807, 2.05) is 58.0 Å². The van der Waals surface area contributed by atoms with Crippen LogP contribution < -0.4 is 5.56 Å². The molecular formula is C28H37N3O4S. The average Bonchev–Trinajstić information content (AvgIpc) is 3.16. The number of aryl methyl sites for hydroxylation is 2. The molecule has 0 atom stereocenters. The van der Waals surface area contributed by atoms with Gasteiger partial charge in [0.15, 0.2) is 5.78 Å². The minimum Gasteiger partial charge on any atom is -0.294 e. The fourth-order valence-electron chi connectivity index (χ4n) is 4.22. The lowest BCUT2D eigenvalue weighted by atomic mass is 9.87. The summed E-state index contributed by atoms with van der Waals surface area (Å²) in [5, 5.41) is 3.08. The first-order chi connectivity index (χ1) is 16.8. The number of Topliss-reactive ketones (excluding diaryl/α,β-unsaturated/α-hetero) is 1. The Morgan fingerprint density at radius 3 is 2.22 bits per heavy atom. The van der Waals surface area contributed by atoms with Gasteiger partial charge in [-0.25, -0.2) is 13.1 Å². The van der Waals surface area contributed by atoms with Crippen LogP contribution in [0.25, 0.3) is 5.69 Å². The molecule has 0 spiro atoms. The van der Waals surface area contributed by atoms with Gasteiger partial charge in [-0.15, -0.1) is 0 Å². The first-order valence-corrected chi connectivity index (χ1v) is 13.8. The maximum atomic E-state index is 13.5. The van der Waals surface area contributed by atoms with Gasteiger partial charge in [-0.05, 0) is 67.0 Å². The first-order valence-electron chi connectivity index (χ1n) is 12.4. The molecule has 0 fully saturated rings. The van der Waals surface area contributed by atoms with Crippen LogP contribution in [0, 0.1) is 13.8 Å². The van der Waals surface area contributed by atoms with Gasteiger partial charge in [0, 0.05) is 12.2 Å². The molecule has 1 aromatic heterocycles. The number of rotatable bonds is 9. The number of carbonyl (C=O) groups is 1. The number of nitrogens with zero attached hydrogens (tertiary/aromatic N) is 2. The SMILES string of the molecule is CCCN(CC(=O)c1c(CC)[nH]n(-c2cccc(C)c2C)c1=O)S(=O)(=O)c1ccc(C(C)(C)C)cc1. The number of hydrogen-bond donors (Lipinski definition) is 1. The van der Waals surface area contributed by atoms with E-state index in [1.54, 1.807) is 12.1 Å². The Kier molecular flexibility index (Phi) is 8.10. The monoisotopic (exact) mass is 511 g/mol. The molecule has 2 aromatic carbocycles. The van der Waals surface area contributed by atoms with Crippen LogP contribution in [-0.2, 0) is 21.9 Å². The van der Waals surface area contributed by atoms with Crippen molar-refractivity contribution in [1.82, 2.24) is 14.1 Å². The lowest BCUT2D eigenvalue weighted by molar-refractivity contribution is 0.0964. The van der Waals surface area contributed by atoms with E-state index in [0.29, 0.717) is 24.2 Å². The minimum absolute atomic E-state index is 0.0118. The molecule has 7 nitrogen and oxygen atoms in total. The molecule has 0 aliphatic rings. The molecule has 0 aliphatic heterocycles. The number of ketones is 1. The van der Waals surface area contributed by atoms with Crippen LogP contribution >= 0.6 is 0 Å². The van der Waals surface area contributed by atoms with Crippen molar-refractivity contribution < 1.29 is 13.2 Å². The van der Waals surface area contributed by atoms with Crippen molar-refractivity contribution >= 4 is 15.8 Å². The Morgan fingerprint density at radius 1 is 1.03 bits per heavy atom. The molecule has 1 N–H and O–H groups in total. The fraction of sp³-hybridized carbons (Fsp3) is 0.429. The van der Waals surface area contributed by atoms with Crippen molar-refractivity contribution in [3.63, 3.8) is 0 Å². The van der Waals surface area contributed by atoms with Gasteiger partial charge in [0.25, 0.3) is 5.56 Å². The van der Waals surface area contributed by atoms with Gasteiger partial charge in [0.1, 0.15) is 5.56 Å². The number of benzene rings is 2. The van der Waals surface area contributed by atoms with Crippen LogP contribution in [0.3, 0.4) is 0 Å². The molecule has 0 bridgehead atoms. The Bertz CT molecular complexity index is 1410. The molecule has 0 unspecified atom stereocenters. The number of carbonyl (C=O) groups excluding carboxylic acids is 1. The summed E-state index contributed by atoms with van der Waals surface area (Å²) in [6, 6.07) is 12.4. The topological polar surface area (TPSA) is 92.2 Å². The van der Waals surface area contributed by atoms with Gasteiger partial charge in [-0.1, -0.05) is 58.9 Å². The third kappa shape index (κ3) is 5.39. The Morgan fingerprint density at radius 2 is 1.67 bits per heavy atom. The average molecular weight is 512 g/mol. The second kappa shape index (κ2) is 10.6. The smallest absolute Gasteiger partial charge is 0.282 e. The third-order valence-electron chi connectivity index (χ3n) is 6.57. The normalized spacial score (nSPS) is 12.3. The summed E-state index contributed by atoms with van der Waals surface area (Å²) in [4.78, 5) is 27.0. The molecule has 1 heterocycles. The van der Waals surface area contributed by atoms with Crippen LogP contribution in [0.5, 0.6) is 0 Å². The van der Waals surface area contributed by atoms with Gasteiger partial charge in [0.05, 0.1) is 17.1 Å². The maximum Gasteiger partial charge on any atom is 0.282 e. The van der Waals surface area contributed by atoms with Gasteiger partial charge >= 0.3 is 0 Å². The number of aromatic amines is 1. The van der Waals surface area contributed by atoms with Crippen molar-refractivity contribution in [3.05, 3.63) is 80.8 Å². The van der Waals surface area contributed by atoms with Crippen molar-refractivity contribution in [3.8, 4) is 5.69 Å². The molecule has 0 saturated carbocycles. The quantitative estimate of drug-likeness (QED) is 0.413. The number of hydrogen-bond acceptors (Lipinski definition) is 4. The second-order valence-corrected chi connectivity index (χ2v) is 12.2. The van der Waals surface area contributed by atoms with Crippen molar-refractivity contribution in [2.24, 2.45) is 0 Å². The number of H-pyrrole nitrogens is 1. The number of sulfonamides is 1.